The molecule has 0 atom stereocenters. The minimum Gasteiger partial charge on any atom is -0.478 e. The molecule has 0 saturated carbocycles. The molecule has 1 aromatic rings. The van der Waals surface area contributed by atoms with Gasteiger partial charge in [-0.25, -0.2) is 4.79 Å². The molecule has 0 radical (unpaired) electrons. The zero-order valence-electron chi connectivity index (χ0n) is 8.45. The zero-order chi connectivity index (χ0) is 11.3. The van der Waals surface area contributed by atoms with Gasteiger partial charge in [-0.1, -0.05) is 11.8 Å². The molecule has 78 valence electrons. The van der Waals surface area contributed by atoms with Gasteiger partial charge in [0.1, 0.15) is 0 Å². The standard InChI is InChI=1S/C12H12O2S/c1-9-8-11(12(13)14)6-5-10(9)4-2-3-7-15/h5-6,8,15H,3,7H2,1H3,(H,13,14). The fourth-order valence-corrected chi connectivity index (χ4v) is 1.26. The van der Waals surface area contributed by atoms with Gasteiger partial charge in [0.05, 0.1) is 5.56 Å². The summed E-state index contributed by atoms with van der Waals surface area (Å²) < 4.78 is 0. The van der Waals surface area contributed by atoms with Crippen LogP contribution in [0.15, 0.2) is 18.2 Å². The summed E-state index contributed by atoms with van der Waals surface area (Å²) in [4.78, 5) is 10.7. The summed E-state index contributed by atoms with van der Waals surface area (Å²) in [5.74, 6) is 5.78. The van der Waals surface area contributed by atoms with Crippen LogP contribution in [0.3, 0.4) is 0 Å². The van der Waals surface area contributed by atoms with Crippen LogP contribution in [0, 0.1) is 18.8 Å². The summed E-state index contributed by atoms with van der Waals surface area (Å²) in [5.41, 5.74) is 2.07. The van der Waals surface area contributed by atoms with Crippen LogP contribution in [0.2, 0.25) is 0 Å². The Balaban J connectivity index is 2.95. The fraction of sp³-hybridized carbons (Fsp3) is 0.250. The predicted molar refractivity (Wildman–Crippen MR) is 63.5 cm³/mol. The molecule has 0 aliphatic rings. The molecule has 0 aliphatic carbocycles. The first-order valence-corrected chi connectivity index (χ1v) is 5.22. The third kappa shape index (κ3) is 3.34. The van der Waals surface area contributed by atoms with Gasteiger partial charge in [0.25, 0.3) is 0 Å². The monoisotopic (exact) mass is 220 g/mol. The average molecular weight is 220 g/mol. The molecule has 0 spiro atoms. The maximum atomic E-state index is 10.7. The normalized spacial score (nSPS) is 9.20. The van der Waals surface area contributed by atoms with Crippen molar-refractivity contribution in [3.8, 4) is 11.8 Å². The van der Waals surface area contributed by atoms with Crippen molar-refractivity contribution in [2.45, 2.75) is 13.3 Å². The molecule has 1 rings (SSSR count). The summed E-state index contributed by atoms with van der Waals surface area (Å²) >= 11 is 4.06. The number of carboxylic acids is 1. The minimum absolute atomic E-state index is 0.298. The highest BCUT2D eigenvalue weighted by Crippen LogP contribution is 2.10. The van der Waals surface area contributed by atoms with E-state index in [0.29, 0.717) is 5.56 Å². The summed E-state index contributed by atoms with van der Waals surface area (Å²) in [6.07, 6.45) is 0.739. The van der Waals surface area contributed by atoms with E-state index in [1.165, 1.54) is 0 Å². The van der Waals surface area contributed by atoms with Crippen LogP contribution in [0.4, 0.5) is 0 Å². The summed E-state index contributed by atoms with van der Waals surface area (Å²) in [6, 6.07) is 4.94. The molecule has 15 heavy (non-hydrogen) atoms. The SMILES string of the molecule is Cc1cc(C(=O)O)ccc1C#CCCS. The van der Waals surface area contributed by atoms with Crippen molar-refractivity contribution >= 4 is 18.6 Å². The van der Waals surface area contributed by atoms with E-state index in [1.54, 1.807) is 18.2 Å². The van der Waals surface area contributed by atoms with Gasteiger partial charge in [-0.05, 0) is 30.7 Å². The number of carboxylic acid groups (broad SMARTS) is 1. The molecule has 0 fully saturated rings. The van der Waals surface area contributed by atoms with Crippen LogP contribution in [0.5, 0.6) is 0 Å². The van der Waals surface area contributed by atoms with Crippen LogP contribution in [0.25, 0.3) is 0 Å². The molecule has 3 heteroatoms. The maximum absolute atomic E-state index is 10.7. The Morgan fingerprint density at radius 2 is 2.27 bits per heavy atom. The Morgan fingerprint density at radius 1 is 1.53 bits per heavy atom. The molecular weight excluding hydrogens is 208 g/mol. The number of thiol groups is 1. The predicted octanol–water partition coefficient (Wildman–Crippen LogP) is 2.36. The lowest BCUT2D eigenvalue weighted by Gasteiger charge is -1.99. The van der Waals surface area contributed by atoms with E-state index in [2.05, 4.69) is 24.5 Å². The van der Waals surface area contributed by atoms with Crippen molar-refractivity contribution in [1.82, 2.24) is 0 Å². The molecular formula is C12H12O2S. The molecule has 0 aromatic heterocycles. The van der Waals surface area contributed by atoms with Gasteiger partial charge in [0, 0.05) is 17.7 Å². The second kappa shape index (κ2) is 5.47. The molecule has 0 aliphatic heterocycles. The van der Waals surface area contributed by atoms with Crippen LogP contribution < -0.4 is 0 Å². The van der Waals surface area contributed by atoms with Gasteiger partial charge >= 0.3 is 5.97 Å². The van der Waals surface area contributed by atoms with Crippen LogP contribution in [0.1, 0.15) is 27.9 Å². The molecule has 0 heterocycles. The third-order valence-electron chi connectivity index (χ3n) is 1.93. The lowest BCUT2D eigenvalue weighted by Crippen LogP contribution is -1.97. The molecule has 0 unspecified atom stereocenters. The van der Waals surface area contributed by atoms with E-state index in [1.807, 2.05) is 6.92 Å². The summed E-state index contributed by atoms with van der Waals surface area (Å²) in [6.45, 7) is 1.86. The fourth-order valence-electron chi connectivity index (χ4n) is 1.15. The molecule has 0 saturated heterocycles. The Bertz CT molecular complexity index is 427. The molecule has 2 nitrogen and oxygen atoms in total. The van der Waals surface area contributed by atoms with E-state index in [9.17, 15) is 4.79 Å². The van der Waals surface area contributed by atoms with E-state index < -0.39 is 5.97 Å². The van der Waals surface area contributed by atoms with Crippen LogP contribution in [-0.4, -0.2) is 16.8 Å². The van der Waals surface area contributed by atoms with E-state index in [4.69, 9.17) is 5.11 Å². The Morgan fingerprint density at radius 3 is 2.80 bits per heavy atom. The number of benzene rings is 1. The van der Waals surface area contributed by atoms with Gasteiger partial charge in [-0.3, -0.25) is 0 Å². The van der Waals surface area contributed by atoms with E-state index >= 15 is 0 Å². The lowest BCUT2D eigenvalue weighted by molar-refractivity contribution is 0.0697. The number of rotatable bonds is 2. The Hall–Kier alpha value is -1.40. The first kappa shape index (κ1) is 11.7. The topological polar surface area (TPSA) is 37.3 Å². The minimum atomic E-state index is -0.909. The van der Waals surface area contributed by atoms with Gasteiger partial charge in [0.15, 0.2) is 0 Å². The van der Waals surface area contributed by atoms with Crippen LogP contribution in [-0.2, 0) is 0 Å². The largest absolute Gasteiger partial charge is 0.478 e. The smallest absolute Gasteiger partial charge is 0.335 e. The van der Waals surface area contributed by atoms with Crippen molar-refractivity contribution in [2.24, 2.45) is 0 Å². The quantitative estimate of drug-likeness (QED) is 0.593. The molecule has 1 aromatic carbocycles. The van der Waals surface area contributed by atoms with Crippen molar-refractivity contribution in [2.75, 3.05) is 5.75 Å². The molecule has 0 bridgehead atoms. The van der Waals surface area contributed by atoms with Crippen LogP contribution >= 0.6 is 12.6 Å². The first-order valence-electron chi connectivity index (χ1n) is 4.59. The highest BCUT2D eigenvalue weighted by molar-refractivity contribution is 7.80. The number of hydrogen-bond acceptors (Lipinski definition) is 2. The van der Waals surface area contributed by atoms with Gasteiger partial charge in [-0.15, -0.1) is 0 Å². The Labute approximate surface area is 94.7 Å². The van der Waals surface area contributed by atoms with E-state index in [-0.39, 0.29) is 0 Å². The van der Waals surface area contributed by atoms with Gasteiger partial charge in [-0.2, -0.15) is 12.6 Å². The van der Waals surface area contributed by atoms with Gasteiger partial charge in [0.2, 0.25) is 0 Å². The molecule has 1 N–H and O–H groups in total. The summed E-state index contributed by atoms with van der Waals surface area (Å²) in [5, 5.41) is 8.77. The van der Waals surface area contributed by atoms with Crippen molar-refractivity contribution in [3.05, 3.63) is 34.9 Å². The maximum Gasteiger partial charge on any atom is 0.335 e. The highest BCUT2D eigenvalue weighted by Gasteiger charge is 2.03. The lowest BCUT2D eigenvalue weighted by atomic mass is 10.1. The number of aromatic carboxylic acids is 1. The van der Waals surface area contributed by atoms with Gasteiger partial charge < -0.3 is 5.11 Å². The zero-order valence-corrected chi connectivity index (χ0v) is 9.34. The highest BCUT2D eigenvalue weighted by atomic mass is 32.1. The third-order valence-corrected chi connectivity index (χ3v) is 2.16. The van der Waals surface area contributed by atoms with Crippen molar-refractivity contribution in [3.63, 3.8) is 0 Å². The first-order chi connectivity index (χ1) is 7.15. The van der Waals surface area contributed by atoms with E-state index in [0.717, 1.165) is 23.3 Å². The number of hydrogen-bond donors (Lipinski definition) is 2. The second-order valence-electron chi connectivity index (χ2n) is 3.11. The van der Waals surface area contributed by atoms with Crippen molar-refractivity contribution in [1.29, 1.82) is 0 Å². The average Bonchev–Trinajstić information content (AvgIpc) is 2.20. The second-order valence-corrected chi connectivity index (χ2v) is 3.56. The molecule has 0 amide bonds. The number of aryl methyl sites for hydroxylation is 1. The van der Waals surface area contributed by atoms with Crippen molar-refractivity contribution < 1.29 is 9.90 Å². The Kier molecular flexibility index (Phi) is 4.26. The summed E-state index contributed by atoms with van der Waals surface area (Å²) in [7, 11) is 0. The number of carbonyl (C=O) groups is 1.